The average molecular weight is 331 g/mol. The van der Waals surface area contributed by atoms with Gasteiger partial charge >= 0.3 is 0 Å². The zero-order valence-electron chi connectivity index (χ0n) is 11.6. The number of benzene rings is 2. The summed E-state index contributed by atoms with van der Waals surface area (Å²) in [4.78, 5) is 14.1. The van der Waals surface area contributed by atoms with Crippen LogP contribution in [0, 0.1) is 11.3 Å². The molecular weight excluding hydrogens is 319 g/mol. The van der Waals surface area contributed by atoms with Crippen LogP contribution in [0.5, 0.6) is 0 Å². The highest BCUT2D eigenvalue weighted by molar-refractivity contribution is 6.37. The summed E-state index contributed by atoms with van der Waals surface area (Å²) in [6, 6.07) is 14.5. The molecule has 1 amide bonds. The molecule has 1 atom stereocenters. The molecule has 0 spiro atoms. The largest absolute Gasteiger partial charge is 0.318 e. The summed E-state index contributed by atoms with van der Waals surface area (Å²) in [5, 5.41) is 10.2. The first-order valence-corrected chi connectivity index (χ1v) is 7.61. The Bertz CT molecular complexity index is 768. The van der Waals surface area contributed by atoms with Crippen molar-refractivity contribution in [3.8, 4) is 6.07 Å². The van der Waals surface area contributed by atoms with Crippen molar-refractivity contribution in [1.82, 2.24) is 4.90 Å². The number of carbonyl (C=O) groups is 1. The van der Waals surface area contributed by atoms with Gasteiger partial charge in [-0.2, -0.15) is 5.26 Å². The van der Waals surface area contributed by atoms with Gasteiger partial charge in [0.15, 0.2) is 0 Å². The third-order valence-corrected chi connectivity index (χ3v) is 4.45. The van der Waals surface area contributed by atoms with E-state index in [1.54, 1.807) is 12.1 Å². The molecule has 0 N–H and O–H groups in total. The summed E-state index contributed by atoms with van der Waals surface area (Å²) in [7, 11) is 0. The van der Waals surface area contributed by atoms with E-state index in [2.05, 4.69) is 6.07 Å². The summed E-state index contributed by atoms with van der Waals surface area (Å²) in [6.45, 7) is 0.447. The Morgan fingerprint density at radius 1 is 1.09 bits per heavy atom. The molecular formula is C17H12Cl2N2O. The van der Waals surface area contributed by atoms with E-state index in [9.17, 15) is 10.1 Å². The van der Waals surface area contributed by atoms with Crippen LogP contribution in [0.4, 0.5) is 0 Å². The molecule has 0 saturated carbocycles. The van der Waals surface area contributed by atoms with Gasteiger partial charge in [-0.1, -0.05) is 53.5 Å². The van der Waals surface area contributed by atoms with Gasteiger partial charge in [0.2, 0.25) is 0 Å². The van der Waals surface area contributed by atoms with Crippen molar-refractivity contribution in [3.05, 3.63) is 69.2 Å². The van der Waals surface area contributed by atoms with Gasteiger partial charge in [-0.25, -0.2) is 0 Å². The lowest BCUT2D eigenvalue weighted by molar-refractivity contribution is 0.0760. The minimum absolute atomic E-state index is 0.231. The topological polar surface area (TPSA) is 44.1 Å². The number of halogens is 2. The minimum atomic E-state index is -0.683. The molecule has 1 unspecified atom stereocenters. The van der Waals surface area contributed by atoms with E-state index in [0.29, 0.717) is 34.1 Å². The molecule has 2 aromatic carbocycles. The molecule has 0 saturated heterocycles. The number of hydrogen-bond donors (Lipinski definition) is 0. The average Bonchev–Trinajstić information content (AvgIpc) is 2.83. The highest BCUT2D eigenvalue weighted by atomic mass is 35.5. The second-order valence-electron chi connectivity index (χ2n) is 5.08. The lowest BCUT2D eigenvalue weighted by Crippen LogP contribution is -2.29. The Balaban J connectivity index is 1.91. The van der Waals surface area contributed by atoms with Crippen LogP contribution in [0.25, 0.3) is 0 Å². The van der Waals surface area contributed by atoms with Crippen molar-refractivity contribution in [2.24, 2.45) is 0 Å². The Kier molecular flexibility index (Phi) is 4.06. The van der Waals surface area contributed by atoms with Crippen molar-refractivity contribution in [1.29, 1.82) is 5.26 Å². The van der Waals surface area contributed by atoms with E-state index in [-0.39, 0.29) is 5.91 Å². The molecule has 1 aliphatic rings. The number of carbonyl (C=O) groups excluding carboxylic acids is 1. The number of fused-ring (bicyclic) bond motifs is 1. The van der Waals surface area contributed by atoms with Gasteiger partial charge in [-0.05, 0) is 24.1 Å². The fraction of sp³-hybridized carbons (Fsp3) is 0.176. The zero-order chi connectivity index (χ0) is 15.7. The van der Waals surface area contributed by atoms with Crippen molar-refractivity contribution >= 4 is 29.1 Å². The minimum Gasteiger partial charge on any atom is -0.318 e. The summed E-state index contributed by atoms with van der Waals surface area (Å²) in [6.07, 6.45) is 0.675. The Hall–Kier alpha value is -2.02. The number of nitriles is 1. The van der Waals surface area contributed by atoms with Crippen LogP contribution >= 0.6 is 23.2 Å². The van der Waals surface area contributed by atoms with Crippen LogP contribution in [0.15, 0.2) is 42.5 Å². The van der Waals surface area contributed by atoms with E-state index in [1.165, 1.54) is 4.90 Å². The quantitative estimate of drug-likeness (QED) is 0.844. The number of rotatable bonds is 3. The molecule has 5 heteroatoms. The molecule has 0 fully saturated rings. The maximum Gasteiger partial charge on any atom is 0.257 e. The maximum atomic E-state index is 12.6. The van der Waals surface area contributed by atoms with E-state index in [0.717, 1.165) is 5.56 Å². The van der Waals surface area contributed by atoms with Gasteiger partial charge in [0.1, 0.15) is 6.04 Å². The van der Waals surface area contributed by atoms with Crippen molar-refractivity contribution in [2.45, 2.75) is 12.5 Å². The monoisotopic (exact) mass is 330 g/mol. The van der Waals surface area contributed by atoms with Crippen molar-refractivity contribution in [3.63, 3.8) is 0 Å². The predicted molar refractivity (Wildman–Crippen MR) is 86.0 cm³/mol. The SMILES string of the molecule is N#CC1c2c(Cl)ccc(Cl)c2C(=O)N1CCc1ccccc1. The van der Waals surface area contributed by atoms with Gasteiger partial charge in [0.05, 0.1) is 16.7 Å². The standard InChI is InChI=1S/C17H12Cl2N2O/c18-12-6-7-13(19)16-15(12)14(10-20)21(17(16)22)9-8-11-4-2-1-3-5-11/h1-7,14H,8-9H2. The van der Waals surface area contributed by atoms with Gasteiger partial charge in [0.25, 0.3) is 5.91 Å². The summed E-state index contributed by atoms with van der Waals surface area (Å²) < 4.78 is 0. The molecule has 1 heterocycles. The van der Waals surface area contributed by atoms with Crippen LogP contribution in [0.2, 0.25) is 10.0 Å². The number of nitrogens with zero attached hydrogens (tertiary/aromatic N) is 2. The Morgan fingerprint density at radius 2 is 1.77 bits per heavy atom. The summed E-state index contributed by atoms with van der Waals surface area (Å²) in [5.41, 5.74) is 1.99. The smallest absolute Gasteiger partial charge is 0.257 e. The summed E-state index contributed by atoms with van der Waals surface area (Å²) >= 11 is 12.3. The molecule has 2 aromatic rings. The van der Waals surface area contributed by atoms with Crippen LogP contribution in [-0.4, -0.2) is 17.4 Å². The van der Waals surface area contributed by atoms with Crippen molar-refractivity contribution < 1.29 is 4.79 Å². The highest BCUT2D eigenvalue weighted by Gasteiger charge is 2.39. The van der Waals surface area contributed by atoms with E-state index < -0.39 is 6.04 Å². The van der Waals surface area contributed by atoms with Crippen molar-refractivity contribution in [2.75, 3.05) is 6.54 Å². The molecule has 22 heavy (non-hydrogen) atoms. The third-order valence-electron chi connectivity index (χ3n) is 3.81. The van der Waals surface area contributed by atoms with Gasteiger partial charge < -0.3 is 4.90 Å². The molecule has 0 radical (unpaired) electrons. The number of amides is 1. The highest BCUT2D eigenvalue weighted by Crippen LogP contribution is 2.41. The Labute approximate surface area is 138 Å². The third kappa shape index (κ3) is 2.45. The molecule has 3 nitrogen and oxygen atoms in total. The molecule has 0 aromatic heterocycles. The Morgan fingerprint density at radius 3 is 2.45 bits per heavy atom. The van der Waals surface area contributed by atoms with Gasteiger partial charge in [-0.15, -0.1) is 0 Å². The fourth-order valence-corrected chi connectivity index (χ4v) is 3.23. The van der Waals surface area contributed by atoms with E-state index >= 15 is 0 Å². The predicted octanol–water partition coefficient (Wildman–Crippen LogP) is 4.26. The molecule has 110 valence electrons. The normalized spacial score (nSPS) is 16.5. The van der Waals surface area contributed by atoms with Crippen LogP contribution in [0.1, 0.15) is 27.5 Å². The van der Waals surface area contributed by atoms with E-state index in [1.807, 2.05) is 30.3 Å². The lowest BCUT2D eigenvalue weighted by atomic mass is 10.1. The fourth-order valence-electron chi connectivity index (χ4n) is 2.73. The zero-order valence-corrected chi connectivity index (χ0v) is 13.1. The molecule has 0 aliphatic carbocycles. The first-order chi connectivity index (χ1) is 10.6. The molecule has 3 rings (SSSR count). The first kappa shape index (κ1) is 14.9. The summed E-state index contributed by atoms with van der Waals surface area (Å²) in [5.74, 6) is -0.231. The van der Waals surface area contributed by atoms with Crippen LogP contribution < -0.4 is 0 Å². The van der Waals surface area contributed by atoms with Gasteiger partial charge in [-0.3, -0.25) is 4.79 Å². The van der Waals surface area contributed by atoms with Crippen LogP contribution in [-0.2, 0) is 6.42 Å². The molecule has 1 aliphatic heterocycles. The molecule has 0 bridgehead atoms. The first-order valence-electron chi connectivity index (χ1n) is 6.86. The second kappa shape index (κ2) is 6.00. The van der Waals surface area contributed by atoms with Gasteiger partial charge in [0, 0.05) is 17.1 Å². The van der Waals surface area contributed by atoms with Crippen LogP contribution in [0.3, 0.4) is 0 Å². The number of hydrogen-bond acceptors (Lipinski definition) is 2. The van der Waals surface area contributed by atoms with E-state index in [4.69, 9.17) is 23.2 Å². The second-order valence-corrected chi connectivity index (χ2v) is 5.90. The maximum absolute atomic E-state index is 12.6. The lowest BCUT2D eigenvalue weighted by Gasteiger charge is -2.20.